The predicted octanol–water partition coefficient (Wildman–Crippen LogP) is 10.6. The molecule has 0 bridgehead atoms. The van der Waals surface area contributed by atoms with Gasteiger partial charge in [0, 0.05) is 12.8 Å². The molecule has 0 aliphatic carbocycles. The monoisotopic (exact) mass is 671 g/mol. The SMILES string of the molecule is CC/C=C\C/C=C\C/C=C\C/C=C\C=C/C(O)C/C=C\CCC(=O)OC[C@@H](O)COC(=O)CCCCCCCCCCCCC(C)CC. The van der Waals surface area contributed by atoms with Crippen molar-refractivity contribution in [3.63, 3.8) is 0 Å². The molecule has 48 heavy (non-hydrogen) atoms. The minimum atomic E-state index is -1.03. The van der Waals surface area contributed by atoms with Gasteiger partial charge >= 0.3 is 11.9 Å². The molecule has 6 nitrogen and oxygen atoms in total. The summed E-state index contributed by atoms with van der Waals surface area (Å²) in [6, 6.07) is 0. The molecule has 0 aromatic carbocycles. The zero-order valence-electron chi connectivity index (χ0n) is 30.7. The van der Waals surface area contributed by atoms with Crippen LogP contribution in [0.2, 0.25) is 0 Å². The Balaban J connectivity index is 3.71. The van der Waals surface area contributed by atoms with Crippen LogP contribution in [0.15, 0.2) is 72.9 Å². The largest absolute Gasteiger partial charge is 0.463 e. The van der Waals surface area contributed by atoms with Crippen LogP contribution in [0.4, 0.5) is 0 Å². The molecule has 0 saturated heterocycles. The molecule has 2 N–H and O–H groups in total. The van der Waals surface area contributed by atoms with Gasteiger partial charge in [0.25, 0.3) is 0 Å². The molecular weight excluding hydrogens is 600 g/mol. The molecule has 0 rings (SSSR count). The summed E-state index contributed by atoms with van der Waals surface area (Å²) >= 11 is 0. The Kier molecular flexibility index (Phi) is 33.6. The lowest BCUT2D eigenvalue weighted by Gasteiger charge is -2.12. The number of unbranched alkanes of at least 4 members (excludes halogenated alkanes) is 9. The van der Waals surface area contributed by atoms with Crippen LogP contribution in [0.5, 0.6) is 0 Å². The highest BCUT2D eigenvalue weighted by Crippen LogP contribution is 2.15. The highest BCUT2D eigenvalue weighted by Gasteiger charge is 2.12. The van der Waals surface area contributed by atoms with E-state index in [2.05, 4.69) is 57.2 Å². The predicted molar refractivity (Wildman–Crippen MR) is 202 cm³/mol. The lowest BCUT2D eigenvalue weighted by molar-refractivity contribution is -0.152. The summed E-state index contributed by atoms with van der Waals surface area (Å²) < 4.78 is 10.2. The van der Waals surface area contributed by atoms with Crippen molar-refractivity contribution in [2.75, 3.05) is 13.2 Å². The minimum Gasteiger partial charge on any atom is -0.463 e. The molecule has 3 atom stereocenters. The molecule has 0 aromatic heterocycles. The molecule has 2 unspecified atom stereocenters. The van der Waals surface area contributed by atoms with E-state index in [0.29, 0.717) is 19.3 Å². The number of hydrogen-bond acceptors (Lipinski definition) is 6. The number of ether oxygens (including phenoxy) is 2. The van der Waals surface area contributed by atoms with Crippen molar-refractivity contribution < 1.29 is 29.3 Å². The molecule has 0 amide bonds. The highest BCUT2D eigenvalue weighted by atomic mass is 16.6. The Hall–Kier alpha value is -2.70. The number of aliphatic hydroxyl groups excluding tert-OH is 2. The summed E-state index contributed by atoms with van der Waals surface area (Å²) in [6.07, 6.45) is 42.7. The normalized spacial score (nSPS) is 14.4. The number of carbonyl (C=O) groups is 2. The summed E-state index contributed by atoms with van der Waals surface area (Å²) in [4.78, 5) is 23.9. The van der Waals surface area contributed by atoms with E-state index in [9.17, 15) is 19.8 Å². The van der Waals surface area contributed by atoms with E-state index in [-0.39, 0.29) is 25.6 Å². The van der Waals surface area contributed by atoms with Crippen LogP contribution in [0.1, 0.15) is 149 Å². The molecular formula is C42H70O6. The van der Waals surface area contributed by atoms with Crippen LogP contribution in [-0.4, -0.2) is 47.6 Å². The molecule has 6 heteroatoms. The van der Waals surface area contributed by atoms with E-state index >= 15 is 0 Å². The topological polar surface area (TPSA) is 93.1 Å². The van der Waals surface area contributed by atoms with Gasteiger partial charge < -0.3 is 19.7 Å². The molecule has 0 aliphatic heterocycles. The van der Waals surface area contributed by atoms with Gasteiger partial charge in [-0.05, 0) is 50.9 Å². The summed E-state index contributed by atoms with van der Waals surface area (Å²) in [5.41, 5.74) is 0. The second-order valence-electron chi connectivity index (χ2n) is 12.8. The summed E-state index contributed by atoms with van der Waals surface area (Å²) in [5.74, 6) is 0.121. The lowest BCUT2D eigenvalue weighted by Crippen LogP contribution is -2.25. The molecule has 0 saturated carbocycles. The average molecular weight is 671 g/mol. The molecule has 0 aliphatic rings. The van der Waals surface area contributed by atoms with E-state index in [1.165, 1.54) is 57.8 Å². The van der Waals surface area contributed by atoms with E-state index < -0.39 is 18.2 Å². The van der Waals surface area contributed by atoms with Crippen LogP contribution in [0, 0.1) is 5.92 Å². The smallest absolute Gasteiger partial charge is 0.306 e. The highest BCUT2D eigenvalue weighted by molar-refractivity contribution is 5.70. The van der Waals surface area contributed by atoms with Crippen LogP contribution >= 0.6 is 0 Å². The fraction of sp³-hybridized carbons (Fsp3) is 0.667. The maximum absolute atomic E-state index is 11.9. The van der Waals surface area contributed by atoms with E-state index in [0.717, 1.165) is 50.9 Å². The van der Waals surface area contributed by atoms with E-state index in [1.54, 1.807) is 6.08 Å². The van der Waals surface area contributed by atoms with Crippen LogP contribution < -0.4 is 0 Å². The Morgan fingerprint density at radius 2 is 1.12 bits per heavy atom. The zero-order chi connectivity index (χ0) is 35.3. The standard InChI is InChI=1S/C42H70O6/c1-4-6-7-8-9-10-11-12-13-17-20-23-27-32-39(43)33-28-25-30-35-42(46)48-37-40(44)36-47-41(45)34-29-24-21-18-15-14-16-19-22-26-31-38(3)5-2/h6-7,9-10,12-13,20,23,25,27-28,32,38-40,43-44H,4-5,8,11,14-19,21-22,24,26,29-31,33-37H2,1-3H3/b7-6-,10-9-,13-12-,23-20-,28-25-,32-27-/t38?,39?,40-/m0/s1. The van der Waals surface area contributed by atoms with Crippen molar-refractivity contribution >= 4 is 11.9 Å². The number of aliphatic hydroxyl groups is 2. The first-order valence-electron chi connectivity index (χ1n) is 19.0. The van der Waals surface area contributed by atoms with Crippen LogP contribution in [0.25, 0.3) is 0 Å². The molecule has 0 spiro atoms. The van der Waals surface area contributed by atoms with Gasteiger partial charge in [-0.3, -0.25) is 9.59 Å². The molecule has 274 valence electrons. The van der Waals surface area contributed by atoms with Gasteiger partial charge in [-0.15, -0.1) is 0 Å². The van der Waals surface area contributed by atoms with Crippen molar-refractivity contribution in [2.45, 2.75) is 161 Å². The van der Waals surface area contributed by atoms with Gasteiger partial charge in [0.1, 0.15) is 19.3 Å². The Bertz CT molecular complexity index is 928. The first-order chi connectivity index (χ1) is 23.4. The molecule has 0 fully saturated rings. The van der Waals surface area contributed by atoms with Gasteiger partial charge in [-0.25, -0.2) is 0 Å². The van der Waals surface area contributed by atoms with Crippen LogP contribution in [-0.2, 0) is 19.1 Å². The van der Waals surface area contributed by atoms with Gasteiger partial charge in [0.15, 0.2) is 0 Å². The van der Waals surface area contributed by atoms with Crippen LogP contribution in [0.3, 0.4) is 0 Å². The summed E-state index contributed by atoms with van der Waals surface area (Å²) in [6.45, 7) is 6.37. The quantitative estimate of drug-likeness (QED) is 0.0320. The third-order valence-corrected chi connectivity index (χ3v) is 8.09. The van der Waals surface area contributed by atoms with Crippen molar-refractivity contribution in [2.24, 2.45) is 5.92 Å². The number of carbonyl (C=O) groups excluding carboxylic acids is 2. The fourth-order valence-electron chi connectivity index (χ4n) is 4.82. The molecule has 0 aromatic rings. The Morgan fingerprint density at radius 3 is 1.71 bits per heavy atom. The number of rotatable bonds is 32. The lowest BCUT2D eigenvalue weighted by atomic mass is 9.99. The van der Waals surface area contributed by atoms with Crippen molar-refractivity contribution in [1.82, 2.24) is 0 Å². The number of hydrogen-bond donors (Lipinski definition) is 2. The average Bonchev–Trinajstić information content (AvgIpc) is 3.08. The van der Waals surface area contributed by atoms with Gasteiger partial charge in [0.2, 0.25) is 0 Å². The first kappa shape index (κ1) is 45.3. The van der Waals surface area contributed by atoms with Gasteiger partial charge in [-0.1, -0.05) is 164 Å². The van der Waals surface area contributed by atoms with Crippen molar-refractivity contribution in [1.29, 1.82) is 0 Å². The molecule has 0 radical (unpaired) electrons. The first-order valence-corrected chi connectivity index (χ1v) is 19.0. The Morgan fingerprint density at radius 1 is 0.604 bits per heavy atom. The number of allylic oxidation sites excluding steroid dienone is 10. The second-order valence-corrected chi connectivity index (χ2v) is 12.8. The second kappa shape index (κ2) is 35.6. The third kappa shape index (κ3) is 34.6. The van der Waals surface area contributed by atoms with Gasteiger partial charge in [-0.2, -0.15) is 0 Å². The van der Waals surface area contributed by atoms with Crippen molar-refractivity contribution in [3.8, 4) is 0 Å². The molecule has 0 heterocycles. The Labute approximate surface area is 294 Å². The maximum atomic E-state index is 11.9. The maximum Gasteiger partial charge on any atom is 0.306 e. The minimum absolute atomic E-state index is 0.171. The summed E-state index contributed by atoms with van der Waals surface area (Å²) in [5, 5.41) is 20.1. The number of esters is 2. The zero-order valence-corrected chi connectivity index (χ0v) is 30.7. The van der Waals surface area contributed by atoms with E-state index in [4.69, 9.17) is 9.47 Å². The van der Waals surface area contributed by atoms with Gasteiger partial charge in [0.05, 0.1) is 6.10 Å². The summed E-state index contributed by atoms with van der Waals surface area (Å²) in [7, 11) is 0. The van der Waals surface area contributed by atoms with E-state index in [1.807, 2.05) is 30.4 Å². The third-order valence-electron chi connectivity index (χ3n) is 8.09. The fourth-order valence-corrected chi connectivity index (χ4v) is 4.82. The van der Waals surface area contributed by atoms with Crippen molar-refractivity contribution in [3.05, 3.63) is 72.9 Å².